The lowest BCUT2D eigenvalue weighted by Crippen LogP contribution is -2.13. The first-order valence-corrected chi connectivity index (χ1v) is 9.37. The van der Waals surface area contributed by atoms with Crippen molar-refractivity contribution >= 4 is 84.0 Å². The van der Waals surface area contributed by atoms with Gasteiger partial charge in [0.05, 0.1) is 0 Å². The van der Waals surface area contributed by atoms with Crippen LogP contribution < -0.4 is 0 Å². The van der Waals surface area contributed by atoms with Gasteiger partial charge in [0.25, 0.3) is 0 Å². The molecule has 0 amide bonds. The quantitative estimate of drug-likeness (QED) is 0.395. The van der Waals surface area contributed by atoms with Crippen molar-refractivity contribution < 1.29 is 4.79 Å². The van der Waals surface area contributed by atoms with Gasteiger partial charge in [0.2, 0.25) is 0 Å². The molecule has 0 radical (unpaired) electrons. The Balaban J connectivity index is 2.29. The topological polar surface area (TPSA) is 17.1 Å². The number of carbonyl (C=O) groups is 1. The van der Waals surface area contributed by atoms with Crippen molar-refractivity contribution in [1.29, 1.82) is 0 Å². The number of ketones is 1. The second-order valence-corrected chi connectivity index (χ2v) is 7.98. The van der Waals surface area contributed by atoms with Crippen molar-refractivity contribution in [2.75, 3.05) is 0 Å². The lowest BCUT2D eigenvalue weighted by atomic mass is 10.0. The third-order valence-electron chi connectivity index (χ3n) is 2.97. The van der Waals surface area contributed by atoms with E-state index in [1.165, 1.54) is 0 Å². The van der Waals surface area contributed by atoms with Gasteiger partial charge in [-0.3, -0.25) is 4.79 Å². The Labute approximate surface area is 165 Å². The maximum atomic E-state index is 12.6. The molecule has 7 heteroatoms. The highest BCUT2D eigenvalue weighted by Gasteiger charge is 2.28. The average Bonchev–Trinajstić information content (AvgIpc) is 2.45. The van der Waals surface area contributed by atoms with Crippen LogP contribution in [0, 0.1) is 0 Å². The van der Waals surface area contributed by atoms with E-state index in [4.69, 9.17) is 46.4 Å². The molecule has 0 N–H and O–H groups in total. The van der Waals surface area contributed by atoms with Crippen LogP contribution in [0.2, 0.25) is 20.1 Å². The Morgan fingerprint density at radius 2 is 1.14 bits per heavy atom. The van der Waals surface area contributed by atoms with Crippen LogP contribution in [0.4, 0.5) is 0 Å². The molecule has 0 fully saturated rings. The maximum absolute atomic E-state index is 12.6. The zero-order chi connectivity index (χ0) is 16.4. The number of halogens is 6. The lowest BCUT2D eigenvalue weighted by molar-refractivity contribution is -0.118. The summed E-state index contributed by atoms with van der Waals surface area (Å²) >= 11 is 30.8. The van der Waals surface area contributed by atoms with Crippen molar-refractivity contribution in [3.05, 3.63) is 67.6 Å². The van der Waals surface area contributed by atoms with Gasteiger partial charge in [0, 0.05) is 20.1 Å². The normalized spacial score (nSPS) is 13.7. The summed E-state index contributed by atoms with van der Waals surface area (Å²) < 4.78 is 0. The van der Waals surface area contributed by atoms with Crippen LogP contribution in [0.3, 0.4) is 0 Å². The molecule has 116 valence electrons. The number of alkyl halides is 2. The summed E-state index contributed by atoms with van der Waals surface area (Å²) in [5.74, 6) is -0.131. The number of Topliss-reactive ketones (excluding diaryl/α,β-unsaturated/α-hetero) is 1. The van der Waals surface area contributed by atoms with E-state index in [2.05, 4.69) is 31.9 Å². The molecule has 0 bridgehead atoms. The molecule has 0 aromatic heterocycles. The summed E-state index contributed by atoms with van der Waals surface area (Å²) in [6.45, 7) is 0. The molecule has 0 spiro atoms. The lowest BCUT2D eigenvalue weighted by Gasteiger charge is -2.17. The summed E-state index contributed by atoms with van der Waals surface area (Å²) in [5.41, 5.74) is 1.29. The van der Waals surface area contributed by atoms with Crippen LogP contribution >= 0.6 is 78.3 Å². The van der Waals surface area contributed by atoms with Crippen molar-refractivity contribution in [1.82, 2.24) is 0 Å². The monoisotopic (exact) mass is 502 g/mol. The van der Waals surface area contributed by atoms with E-state index in [0.29, 0.717) is 31.2 Å². The Bertz CT molecular complexity index is 661. The maximum Gasteiger partial charge on any atom is 0.168 e. The van der Waals surface area contributed by atoms with Crippen LogP contribution in [-0.2, 0) is 4.79 Å². The summed E-state index contributed by atoms with van der Waals surface area (Å²) in [5, 5.41) is 1.86. The molecular formula is C15H8Br2Cl4O. The van der Waals surface area contributed by atoms with Crippen molar-refractivity contribution in [3.63, 3.8) is 0 Å². The Kier molecular flexibility index (Phi) is 6.64. The Hall–Kier alpha value is 0.230. The van der Waals surface area contributed by atoms with E-state index in [1.807, 2.05) is 0 Å². The van der Waals surface area contributed by atoms with E-state index in [0.717, 1.165) is 0 Å². The highest BCUT2D eigenvalue weighted by molar-refractivity contribution is 9.10. The SMILES string of the molecule is O=C(C(Br)c1ccc(Cl)cc1Cl)C(Br)c1ccc(Cl)cc1Cl. The zero-order valence-electron chi connectivity index (χ0n) is 10.8. The zero-order valence-corrected chi connectivity index (χ0v) is 17.0. The molecule has 0 aliphatic rings. The smallest absolute Gasteiger partial charge is 0.168 e. The van der Waals surface area contributed by atoms with Crippen LogP contribution in [0.25, 0.3) is 0 Å². The van der Waals surface area contributed by atoms with Gasteiger partial charge in [0.1, 0.15) is 9.65 Å². The number of rotatable bonds is 4. The van der Waals surface area contributed by atoms with Gasteiger partial charge in [-0.15, -0.1) is 0 Å². The van der Waals surface area contributed by atoms with Crippen molar-refractivity contribution in [2.45, 2.75) is 9.65 Å². The molecule has 0 aliphatic heterocycles. The van der Waals surface area contributed by atoms with Crippen molar-refractivity contribution in [3.8, 4) is 0 Å². The fraction of sp³-hybridized carbons (Fsp3) is 0.133. The van der Waals surface area contributed by atoms with E-state index in [1.54, 1.807) is 36.4 Å². The molecule has 2 unspecified atom stereocenters. The van der Waals surface area contributed by atoms with Gasteiger partial charge in [-0.05, 0) is 35.4 Å². The third-order valence-corrected chi connectivity index (χ3v) is 5.98. The minimum atomic E-state index is -0.589. The highest BCUT2D eigenvalue weighted by atomic mass is 79.9. The highest BCUT2D eigenvalue weighted by Crippen LogP contribution is 2.40. The van der Waals surface area contributed by atoms with Crippen LogP contribution in [0.5, 0.6) is 0 Å². The van der Waals surface area contributed by atoms with Gasteiger partial charge < -0.3 is 0 Å². The summed E-state index contributed by atoms with van der Waals surface area (Å²) in [4.78, 5) is 11.5. The molecule has 0 aliphatic carbocycles. The van der Waals surface area contributed by atoms with Crippen LogP contribution in [0.15, 0.2) is 36.4 Å². The van der Waals surface area contributed by atoms with E-state index in [-0.39, 0.29) is 5.78 Å². The van der Waals surface area contributed by atoms with Gasteiger partial charge in [0.15, 0.2) is 5.78 Å². The summed E-state index contributed by atoms with van der Waals surface area (Å²) in [7, 11) is 0. The second-order valence-electron chi connectivity index (χ2n) is 4.46. The van der Waals surface area contributed by atoms with Crippen LogP contribution in [0.1, 0.15) is 20.8 Å². The molecule has 2 atom stereocenters. The standard InChI is InChI=1S/C15H8Br2Cl4O/c16-13(9-3-1-7(18)5-11(9)20)15(22)14(17)10-4-2-8(19)6-12(10)21/h1-6,13-14H. The molecule has 0 saturated carbocycles. The third kappa shape index (κ3) is 4.19. The first-order valence-electron chi connectivity index (χ1n) is 6.03. The molecular weight excluding hydrogens is 498 g/mol. The Morgan fingerprint density at radius 1 is 0.773 bits per heavy atom. The average molecular weight is 506 g/mol. The largest absolute Gasteiger partial charge is 0.296 e. The van der Waals surface area contributed by atoms with E-state index >= 15 is 0 Å². The predicted molar refractivity (Wildman–Crippen MR) is 101 cm³/mol. The first-order chi connectivity index (χ1) is 10.3. The van der Waals surface area contributed by atoms with Crippen molar-refractivity contribution in [2.24, 2.45) is 0 Å². The minimum Gasteiger partial charge on any atom is -0.296 e. The molecule has 2 aromatic carbocycles. The number of hydrogen-bond acceptors (Lipinski definition) is 1. The second kappa shape index (κ2) is 7.87. The first kappa shape index (κ1) is 18.6. The van der Waals surface area contributed by atoms with Gasteiger partial charge in [-0.25, -0.2) is 0 Å². The fourth-order valence-corrected chi connectivity index (χ4v) is 4.83. The Morgan fingerprint density at radius 3 is 1.45 bits per heavy atom. The summed E-state index contributed by atoms with van der Waals surface area (Å²) in [6.07, 6.45) is 0. The number of benzene rings is 2. The molecule has 0 saturated heterocycles. The fourth-order valence-electron chi connectivity index (χ4n) is 1.85. The minimum absolute atomic E-state index is 0.131. The molecule has 1 nitrogen and oxygen atoms in total. The van der Waals surface area contributed by atoms with Gasteiger partial charge in [-0.2, -0.15) is 0 Å². The van der Waals surface area contributed by atoms with E-state index in [9.17, 15) is 4.79 Å². The van der Waals surface area contributed by atoms with Gasteiger partial charge in [-0.1, -0.05) is 90.4 Å². The number of hydrogen-bond donors (Lipinski definition) is 0. The molecule has 2 aromatic rings. The van der Waals surface area contributed by atoms with Gasteiger partial charge >= 0.3 is 0 Å². The molecule has 2 rings (SSSR count). The molecule has 0 heterocycles. The number of carbonyl (C=O) groups excluding carboxylic acids is 1. The van der Waals surface area contributed by atoms with Crippen LogP contribution in [-0.4, -0.2) is 5.78 Å². The predicted octanol–water partition coefficient (Wildman–Crippen LogP) is 7.44. The summed E-state index contributed by atoms with van der Waals surface area (Å²) in [6, 6.07) is 9.99. The van der Waals surface area contributed by atoms with E-state index < -0.39 is 9.65 Å². The molecule has 22 heavy (non-hydrogen) atoms.